The first kappa shape index (κ1) is 20.2. The first-order chi connectivity index (χ1) is 14.0. The van der Waals surface area contributed by atoms with E-state index >= 15 is 0 Å². The summed E-state index contributed by atoms with van der Waals surface area (Å²) in [5.41, 5.74) is 1.82. The van der Waals surface area contributed by atoms with Crippen molar-refractivity contribution in [3.63, 3.8) is 0 Å². The lowest BCUT2D eigenvalue weighted by atomic mass is 10.2. The number of anilines is 1. The average molecular weight is 414 g/mol. The highest BCUT2D eigenvalue weighted by Gasteiger charge is 2.13. The number of esters is 1. The van der Waals surface area contributed by atoms with Gasteiger partial charge in [-0.3, -0.25) is 14.4 Å². The van der Waals surface area contributed by atoms with Gasteiger partial charge in [-0.25, -0.2) is 0 Å². The summed E-state index contributed by atoms with van der Waals surface area (Å²) in [7, 11) is 1.54. The maximum absolute atomic E-state index is 11.9. The van der Waals surface area contributed by atoms with E-state index in [1.165, 1.54) is 18.4 Å². The van der Waals surface area contributed by atoms with Gasteiger partial charge >= 0.3 is 5.97 Å². The van der Waals surface area contributed by atoms with Crippen LogP contribution in [0.5, 0.6) is 0 Å². The van der Waals surface area contributed by atoms with Crippen LogP contribution >= 0.6 is 11.3 Å². The van der Waals surface area contributed by atoms with Crippen LogP contribution in [0.2, 0.25) is 0 Å². The van der Waals surface area contributed by atoms with E-state index in [9.17, 15) is 14.4 Å². The summed E-state index contributed by atoms with van der Waals surface area (Å²) < 4.78 is 10.1. The second kappa shape index (κ2) is 9.60. The second-order valence-electron chi connectivity index (χ2n) is 5.89. The first-order valence-corrected chi connectivity index (χ1v) is 9.62. The van der Waals surface area contributed by atoms with E-state index in [1.54, 1.807) is 24.3 Å². The summed E-state index contributed by atoms with van der Waals surface area (Å²) in [6.45, 7) is -0.417. The number of hydrogen-bond donors (Lipinski definition) is 2. The number of benzene rings is 1. The number of rotatable bonds is 8. The zero-order valence-electron chi connectivity index (χ0n) is 15.5. The summed E-state index contributed by atoms with van der Waals surface area (Å²) in [5, 5.41) is 12.8. The molecule has 0 radical (unpaired) electrons. The van der Waals surface area contributed by atoms with E-state index in [1.807, 2.05) is 16.8 Å². The molecule has 9 nitrogen and oxygen atoms in total. The molecule has 2 heterocycles. The maximum atomic E-state index is 11.9. The summed E-state index contributed by atoms with van der Waals surface area (Å²) in [4.78, 5) is 39.4. The van der Waals surface area contributed by atoms with Crippen LogP contribution < -0.4 is 10.6 Å². The van der Waals surface area contributed by atoms with E-state index in [-0.39, 0.29) is 18.7 Å². The van der Waals surface area contributed by atoms with Crippen molar-refractivity contribution in [3.05, 3.63) is 52.5 Å². The molecule has 0 aliphatic heterocycles. The summed E-state index contributed by atoms with van der Waals surface area (Å²) in [5.74, 6) is -0.463. The molecule has 0 spiro atoms. The first-order valence-electron chi connectivity index (χ1n) is 8.68. The fourth-order valence-corrected chi connectivity index (χ4v) is 2.97. The Labute approximate surface area is 170 Å². The monoisotopic (exact) mass is 414 g/mol. The molecule has 2 N–H and O–H groups in total. The minimum atomic E-state index is -0.551. The van der Waals surface area contributed by atoms with Gasteiger partial charge in [-0.1, -0.05) is 5.16 Å². The van der Waals surface area contributed by atoms with Gasteiger partial charge in [0.15, 0.2) is 6.61 Å². The number of hydrogen-bond acceptors (Lipinski definition) is 8. The van der Waals surface area contributed by atoms with Crippen LogP contribution in [-0.2, 0) is 20.7 Å². The Morgan fingerprint density at radius 1 is 1.17 bits per heavy atom. The molecule has 0 aliphatic carbocycles. The Bertz CT molecular complexity index is 982. The number of thiophene rings is 1. The summed E-state index contributed by atoms with van der Waals surface area (Å²) in [6, 6.07) is 8.21. The Kier molecular flexibility index (Phi) is 6.69. The Morgan fingerprint density at radius 3 is 2.66 bits per heavy atom. The molecule has 0 atom stereocenters. The molecule has 2 amide bonds. The number of carbonyl (C=O) groups excluding carboxylic acids is 3. The molecule has 10 heteroatoms. The third-order valence-corrected chi connectivity index (χ3v) is 4.50. The van der Waals surface area contributed by atoms with Crippen molar-refractivity contribution in [1.29, 1.82) is 0 Å². The van der Waals surface area contributed by atoms with E-state index in [2.05, 4.69) is 20.8 Å². The van der Waals surface area contributed by atoms with Gasteiger partial charge in [0, 0.05) is 35.7 Å². The van der Waals surface area contributed by atoms with Gasteiger partial charge in [0.2, 0.25) is 11.7 Å². The molecule has 29 heavy (non-hydrogen) atoms. The summed E-state index contributed by atoms with van der Waals surface area (Å²) >= 11 is 1.52. The molecule has 150 valence electrons. The predicted octanol–water partition coefficient (Wildman–Crippen LogP) is 2.27. The molecule has 2 aromatic heterocycles. The van der Waals surface area contributed by atoms with Gasteiger partial charge in [-0.15, -0.1) is 0 Å². The minimum absolute atomic E-state index is 0.0133. The van der Waals surface area contributed by atoms with Gasteiger partial charge < -0.3 is 19.9 Å². The standard InChI is InChI=1S/C19H18N4O5S/c1-20-19(26)12-2-4-14(5-3-12)21-15(24)10-27-17(25)7-6-16-22-18(23-28-16)13-8-9-29-11-13/h2-5,8-9,11H,6-7,10H2,1H3,(H,20,26)(H,21,24). The van der Waals surface area contributed by atoms with Crippen LogP contribution in [0.1, 0.15) is 22.7 Å². The fraction of sp³-hybridized carbons (Fsp3) is 0.211. The largest absolute Gasteiger partial charge is 0.456 e. The van der Waals surface area contributed by atoms with Crippen molar-refractivity contribution in [2.45, 2.75) is 12.8 Å². The van der Waals surface area contributed by atoms with Crippen LogP contribution in [0, 0.1) is 0 Å². The minimum Gasteiger partial charge on any atom is -0.456 e. The number of aromatic nitrogens is 2. The fourth-order valence-electron chi connectivity index (χ4n) is 2.34. The maximum Gasteiger partial charge on any atom is 0.306 e. The number of aryl methyl sites for hydroxylation is 1. The average Bonchev–Trinajstić information content (AvgIpc) is 3.42. The SMILES string of the molecule is CNC(=O)c1ccc(NC(=O)COC(=O)CCc2nc(-c3ccsc3)no2)cc1. The summed E-state index contributed by atoms with van der Waals surface area (Å²) in [6.07, 6.45) is 0.234. The van der Waals surface area contributed by atoms with Crippen molar-refractivity contribution in [2.24, 2.45) is 0 Å². The number of amides is 2. The van der Waals surface area contributed by atoms with Crippen molar-refractivity contribution in [1.82, 2.24) is 15.5 Å². The third kappa shape index (κ3) is 5.72. The van der Waals surface area contributed by atoms with Crippen molar-refractivity contribution < 1.29 is 23.6 Å². The third-order valence-electron chi connectivity index (χ3n) is 3.81. The Balaban J connectivity index is 1.40. The highest BCUT2D eigenvalue weighted by molar-refractivity contribution is 7.08. The molecule has 0 unspecified atom stereocenters. The number of carbonyl (C=O) groups is 3. The molecule has 0 saturated carbocycles. The molecule has 0 bridgehead atoms. The predicted molar refractivity (Wildman–Crippen MR) is 105 cm³/mol. The van der Waals surface area contributed by atoms with Crippen LogP contribution in [0.25, 0.3) is 11.4 Å². The molecular weight excluding hydrogens is 396 g/mol. The van der Waals surface area contributed by atoms with E-state index in [0.717, 1.165) is 5.56 Å². The van der Waals surface area contributed by atoms with E-state index in [0.29, 0.717) is 23.0 Å². The molecule has 3 rings (SSSR count). The van der Waals surface area contributed by atoms with Crippen LogP contribution in [-0.4, -0.2) is 41.6 Å². The molecule has 1 aromatic carbocycles. The van der Waals surface area contributed by atoms with Crippen molar-refractivity contribution in [3.8, 4) is 11.4 Å². The van der Waals surface area contributed by atoms with Gasteiger partial charge in [-0.2, -0.15) is 16.3 Å². The van der Waals surface area contributed by atoms with Gasteiger partial charge in [-0.05, 0) is 35.7 Å². The second-order valence-corrected chi connectivity index (χ2v) is 6.67. The van der Waals surface area contributed by atoms with E-state index < -0.39 is 18.5 Å². The van der Waals surface area contributed by atoms with Crippen LogP contribution in [0.15, 0.2) is 45.6 Å². The lowest BCUT2D eigenvalue weighted by Gasteiger charge is -2.07. The zero-order valence-corrected chi connectivity index (χ0v) is 16.3. The normalized spacial score (nSPS) is 10.4. The van der Waals surface area contributed by atoms with E-state index in [4.69, 9.17) is 9.26 Å². The lowest BCUT2D eigenvalue weighted by molar-refractivity contribution is -0.147. The number of nitrogens with zero attached hydrogens (tertiary/aromatic N) is 2. The zero-order chi connectivity index (χ0) is 20.6. The quantitative estimate of drug-likeness (QED) is 0.542. The molecule has 0 saturated heterocycles. The topological polar surface area (TPSA) is 123 Å². The van der Waals surface area contributed by atoms with Crippen molar-refractivity contribution >= 4 is 34.8 Å². The number of ether oxygens (including phenoxy) is 1. The van der Waals surface area contributed by atoms with Crippen LogP contribution in [0.3, 0.4) is 0 Å². The molecular formula is C19H18N4O5S. The van der Waals surface area contributed by atoms with Gasteiger partial charge in [0.25, 0.3) is 11.8 Å². The van der Waals surface area contributed by atoms with Gasteiger partial charge in [0.1, 0.15) is 0 Å². The number of nitrogens with one attached hydrogen (secondary N) is 2. The smallest absolute Gasteiger partial charge is 0.306 e. The Hall–Kier alpha value is -3.53. The highest BCUT2D eigenvalue weighted by atomic mass is 32.1. The highest BCUT2D eigenvalue weighted by Crippen LogP contribution is 2.19. The van der Waals surface area contributed by atoms with Gasteiger partial charge in [0.05, 0.1) is 6.42 Å². The molecule has 0 aliphatic rings. The van der Waals surface area contributed by atoms with Crippen LogP contribution in [0.4, 0.5) is 5.69 Å². The lowest BCUT2D eigenvalue weighted by Crippen LogP contribution is -2.21. The molecule has 0 fully saturated rings. The molecule has 3 aromatic rings. The van der Waals surface area contributed by atoms with Crippen molar-refractivity contribution in [2.75, 3.05) is 19.0 Å². The Morgan fingerprint density at radius 2 is 1.97 bits per heavy atom.